The van der Waals surface area contributed by atoms with E-state index in [0.717, 1.165) is 6.42 Å². The zero-order valence-electron chi connectivity index (χ0n) is 12.6. The largest absolute Gasteiger partial charge is 0.184 e. The summed E-state index contributed by atoms with van der Waals surface area (Å²) in [6, 6.07) is 27.0. The number of fused-ring (bicyclic) bond motifs is 1. The van der Waals surface area contributed by atoms with Crippen molar-refractivity contribution in [1.82, 2.24) is 0 Å². The van der Waals surface area contributed by atoms with E-state index in [1.54, 1.807) is 0 Å². The van der Waals surface area contributed by atoms with Crippen molar-refractivity contribution in [2.75, 3.05) is 0 Å². The molecule has 3 rings (SSSR count). The van der Waals surface area contributed by atoms with Crippen molar-refractivity contribution < 1.29 is 65.4 Å². The van der Waals surface area contributed by atoms with Crippen LogP contribution in [0.1, 0.15) is 11.1 Å². The molecule has 21 heavy (non-hydrogen) atoms. The maximum absolute atomic E-state index is 3.10. The first-order valence-corrected chi connectivity index (χ1v) is 5.75. The van der Waals surface area contributed by atoms with Crippen molar-refractivity contribution in [3.63, 3.8) is 0 Å². The topological polar surface area (TPSA) is 0 Å². The quantitative estimate of drug-likeness (QED) is 0.419. The third kappa shape index (κ3) is 8.78. The van der Waals surface area contributed by atoms with Crippen LogP contribution in [0.25, 0.3) is 10.8 Å². The third-order valence-electron chi connectivity index (χ3n) is 2.94. The zero-order chi connectivity index (χ0) is 11.5. The zero-order valence-corrected chi connectivity index (χ0v) is 28.1. The van der Waals surface area contributed by atoms with Crippen LogP contribution in [0.4, 0.5) is 0 Å². The van der Waals surface area contributed by atoms with Crippen LogP contribution in [0.2, 0.25) is 0 Å². The molecule has 0 aliphatic heterocycles. The molecule has 0 spiro atoms. The molecular weight excluding hydrogens is 553 g/mol. The van der Waals surface area contributed by atoms with Gasteiger partial charge in [-0.25, -0.2) is 0 Å². The molecule has 0 aromatic heterocycles. The molecule has 0 saturated heterocycles. The molecule has 4 radical (unpaired) electrons. The number of benzene rings is 3. The first kappa shape index (κ1) is 27.0. The van der Waals surface area contributed by atoms with E-state index in [1.807, 2.05) is 24.3 Å². The van der Waals surface area contributed by atoms with Gasteiger partial charge in [-0.2, -0.15) is 60.2 Å². The van der Waals surface area contributed by atoms with E-state index in [1.165, 1.54) is 21.9 Å². The molecule has 0 saturated carbocycles. The molecule has 0 atom stereocenters. The van der Waals surface area contributed by atoms with E-state index in [4.69, 9.17) is 0 Å². The molecule has 0 bridgehead atoms. The van der Waals surface area contributed by atoms with Crippen molar-refractivity contribution in [1.29, 1.82) is 0 Å². The van der Waals surface area contributed by atoms with Crippen LogP contribution < -0.4 is 0 Å². The van der Waals surface area contributed by atoms with E-state index in [-0.39, 0.29) is 182 Å². The average Bonchev–Trinajstić information content (AvgIpc) is 2.40. The maximum atomic E-state index is 3.10. The summed E-state index contributed by atoms with van der Waals surface area (Å²) in [6.07, 6.45) is 0.975. The molecule has 0 fully saturated rings. The molecule has 0 nitrogen and oxygen atoms in total. The Kier molecular flexibility index (Phi) is 19.1. The monoisotopic (exact) mass is 564 g/mol. The summed E-state index contributed by atoms with van der Waals surface area (Å²) in [5.41, 5.74) is 2.67. The second-order valence-electron chi connectivity index (χ2n) is 4.19. The molecule has 3 aromatic rings. The Labute approximate surface area is 275 Å². The van der Waals surface area contributed by atoms with Gasteiger partial charge in [0.25, 0.3) is 0 Å². The summed E-state index contributed by atoms with van der Waals surface area (Å²) >= 11 is 0. The number of hydrogen-bond acceptors (Lipinski definition) is 0. The average molecular weight is 565 g/mol. The first-order valence-electron chi connectivity index (χ1n) is 5.75. The Morgan fingerprint density at radius 2 is 1.33 bits per heavy atom. The van der Waals surface area contributed by atoms with Gasteiger partial charge in [-0.05, 0) is 12.0 Å². The van der Waals surface area contributed by atoms with Gasteiger partial charge in [0, 0.05) is 182 Å². The van der Waals surface area contributed by atoms with Gasteiger partial charge >= 0.3 is 0 Å². The van der Waals surface area contributed by atoms with Gasteiger partial charge in [0.15, 0.2) is 0 Å². The smallest absolute Gasteiger partial charge is 0 e. The fraction of sp³-hybridized carbons (Fsp3) is 0.0588. The predicted molar refractivity (Wildman–Crippen MR) is 82.4 cm³/mol. The minimum Gasteiger partial charge on any atom is -0.184 e. The van der Waals surface area contributed by atoms with Crippen molar-refractivity contribution in [2.45, 2.75) is 6.42 Å². The Morgan fingerprint density at radius 1 is 0.667 bits per heavy atom. The van der Waals surface area contributed by atoms with Crippen molar-refractivity contribution in [3.05, 3.63) is 83.9 Å². The minimum absolute atomic E-state index is 0. The normalized spacial score (nSPS) is 8.57. The summed E-state index contributed by atoms with van der Waals surface area (Å²) in [5.74, 6) is 0. The summed E-state index contributed by atoms with van der Waals surface area (Å²) in [7, 11) is 0. The summed E-state index contributed by atoms with van der Waals surface area (Å²) in [4.78, 5) is 0. The van der Waals surface area contributed by atoms with Crippen molar-refractivity contribution >= 4 is 127 Å². The maximum Gasteiger partial charge on any atom is 0 e. The predicted octanol–water partition coefficient (Wildman–Crippen LogP) is 3.26. The van der Waals surface area contributed by atoms with E-state index in [2.05, 4.69) is 48.5 Å². The van der Waals surface area contributed by atoms with Crippen LogP contribution in [0.5, 0.6) is 0 Å². The van der Waals surface area contributed by atoms with Crippen LogP contribution in [-0.2, 0) is 71.8 Å². The van der Waals surface area contributed by atoms with Crippen LogP contribution in [0.3, 0.4) is 0 Å². The Bertz CT molecular complexity index is 642. The SMILES string of the molecule is [Rb].[Rb].[Y].[Y].[c-]1ccc(Cc2ccc3c[c-]ccc3c2)cc1. The van der Waals surface area contributed by atoms with Gasteiger partial charge in [0.1, 0.15) is 0 Å². The van der Waals surface area contributed by atoms with Crippen LogP contribution in [0, 0.1) is 12.1 Å². The number of rotatable bonds is 2. The van der Waals surface area contributed by atoms with Crippen LogP contribution in [-0.4, -0.2) is 116 Å². The molecule has 0 aliphatic rings. The molecule has 0 unspecified atom stereocenters. The standard InChI is InChI=1S/C17H12.2Rb.2Y/c1-2-6-14(7-3-1)12-15-10-11-16-8-4-5-9-17(16)13-15;;;;/h2-3,5-11,13H,12H2;;;;/q-2;;;;. The summed E-state index contributed by atoms with van der Waals surface area (Å²) < 4.78 is 0. The minimum atomic E-state index is 0. The molecule has 90 valence electrons. The van der Waals surface area contributed by atoms with Crippen LogP contribution >= 0.6 is 0 Å². The molecule has 0 amide bonds. The molecule has 3 aromatic carbocycles. The van der Waals surface area contributed by atoms with Gasteiger partial charge in [0.05, 0.1) is 0 Å². The van der Waals surface area contributed by atoms with E-state index in [0.29, 0.717) is 0 Å². The molecule has 0 heterocycles. The van der Waals surface area contributed by atoms with Gasteiger partial charge in [-0.3, -0.25) is 0 Å². The Hall–Kier alpha value is 3.74. The fourth-order valence-electron chi connectivity index (χ4n) is 2.06. The second-order valence-corrected chi connectivity index (χ2v) is 4.19. The summed E-state index contributed by atoms with van der Waals surface area (Å²) in [6.45, 7) is 0. The Morgan fingerprint density at radius 3 is 2.05 bits per heavy atom. The van der Waals surface area contributed by atoms with Gasteiger partial charge < -0.3 is 0 Å². The van der Waals surface area contributed by atoms with Gasteiger partial charge in [-0.1, -0.05) is 12.1 Å². The second kappa shape index (κ2) is 14.9. The summed E-state index contributed by atoms with van der Waals surface area (Å²) in [5, 5.41) is 2.53. The molecule has 0 aliphatic carbocycles. The molecular formula is C17H12Rb2Y2-2. The fourth-order valence-corrected chi connectivity index (χ4v) is 2.06. The van der Waals surface area contributed by atoms with Gasteiger partial charge in [-0.15, -0.1) is 16.8 Å². The number of hydrogen-bond donors (Lipinski definition) is 0. The van der Waals surface area contributed by atoms with Crippen molar-refractivity contribution in [2.24, 2.45) is 0 Å². The van der Waals surface area contributed by atoms with Crippen molar-refractivity contribution in [3.8, 4) is 0 Å². The van der Waals surface area contributed by atoms with Crippen LogP contribution in [0.15, 0.2) is 60.7 Å². The van der Waals surface area contributed by atoms with E-state index in [9.17, 15) is 0 Å². The third-order valence-corrected chi connectivity index (χ3v) is 2.94. The molecule has 0 N–H and O–H groups in total. The first-order chi connectivity index (χ1) is 8.42. The van der Waals surface area contributed by atoms with Gasteiger partial charge in [0.2, 0.25) is 0 Å². The van der Waals surface area contributed by atoms with E-state index >= 15 is 0 Å². The van der Waals surface area contributed by atoms with E-state index < -0.39 is 0 Å². The Balaban J connectivity index is 0. The molecule has 4 heteroatoms.